The average Bonchev–Trinajstić information content (AvgIpc) is 2.34. The highest BCUT2D eigenvalue weighted by Crippen LogP contribution is 2.42. The number of methoxy groups -OCH3 is 1. The molecular weight excluding hydrogens is 1100 g/mol. The third kappa shape index (κ3) is 17.1. The molecule has 0 unspecified atom stereocenters. The zero-order valence-electron chi connectivity index (χ0n) is 52.9. The molecular formula is C61H100N6O18. The number of pyridine rings is 1. The maximum Gasteiger partial charge on any atom is 0.341 e. The molecule has 0 saturated carbocycles. The van der Waals surface area contributed by atoms with Gasteiger partial charge in [-0.1, -0.05) is 38.9 Å². The number of rotatable bonds is 21. The number of carbonyl (C=O) groups is 3. The highest BCUT2D eigenvalue weighted by atomic mass is 16.7. The zero-order chi connectivity index (χ0) is 62.9. The molecule has 1 aromatic carbocycles. The molecule has 482 valence electrons. The molecule has 18 atom stereocenters. The van der Waals surface area contributed by atoms with Crippen molar-refractivity contribution in [3.8, 4) is 0 Å². The van der Waals surface area contributed by atoms with E-state index in [1.807, 2.05) is 38.9 Å². The minimum atomic E-state index is -2.01. The number of morpholine rings is 1. The summed E-state index contributed by atoms with van der Waals surface area (Å²) < 4.78 is 52.3. The Kier molecular flexibility index (Phi) is 24.8. The summed E-state index contributed by atoms with van der Waals surface area (Å²) in [6, 6.07) is 5.07. The smallest absolute Gasteiger partial charge is 0.341 e. The number of aliphatic hydroxyl groups excluding tert-OH is 2. The highest BCUT2D eigenvalue weighted by Gasteiger charge is 2.54. The Labute approximate surface area is 501 Å². The first-order valence-electron chi connectivity index (χ1n) is 30.3. The number of benzene rings is 1. The number of ether oxygens (including phenoxy) is 8. The van der Waals surface area contributed by atoms with Crippen LogP contribution in [0.4, 0.5) is 0 Å². The summed E-state index contributed by atoms with van der Waals surface area (Å²) in [6.07, 6.45) is -7.56. The number of hydrogen-bond donors (Lipinski definition) is 6. The SMILES string of the molecule is CC[C@H]1OC(=O)[C@H](C)[C@@H](O[C@H]2C[C@@](C)(OC)[C@@H](OC(=O)CCNCCCc3ccc4c(c3)c(=O)c(C(=O)O)cn4N(C)C)[C@H](C)O2)[C@H](C)[C@@H](O[C@@H]2O[C@H](C)C[C@H](N(C)C)[C@H]2O)[C@](C)(O)C[C@@H](C)C(=NOCCN2CCOCC2)[C@H](C)[C@@H](O)[C@]1(C)O. The van der Waals surface area contributed by atoms with Gasteiger partial charge in [-0.05, 0) is 112 Å². The molecule has 0 bridgehead atoms. The Bertz CT molecular complexity index is 2610. The van der Waals surface area contributed by atoms with Crippen molar-refractivity contribution in [1.29, 1.82) is 0 Å². The summed E-state index contributed by atoms with van der Waals surface area (Å²) in [5, 5.41) is 69.0. The van der Waals surface area contributed by atoms with E-state index in [0.29, 0.717) is 68.7 Å². The average molecular weight is 1210 g/mol. The normalized spacial score (nSPS) is 36.2. The molecule has 0 amide bonds. The van der Waals surface area contributed by atoms with E-state index < -0.39 is 119 Å². The summed E-state index contributed by atoms with van der Waals surface area (Å²) in [7, 11) is 8.73. The first-order chi connectivity index (χ1) is 40.0. The standard InChI is InChI=1S/C61H100N6O18/c1-16-46-61(10,76)53(71)37(4)49(63-79-29-26-66-24-27-78-28-25-66)35(2)32-59(8,75)54(85-58-51(70)45(64(11)12)30-36(3)80-58)38(5)52(39(6)57(74)82-46)84-48-33-60(9,77-15)55(40(7)81-48)83-47(68)21-23-62-22-17-18-41-19-20-44-42(31-41)50(69)43(56(72)73)34-67(44)65(13)14/h19-20,31,34-40,45-46,48,51-55,58,62,70-71,75-76H,16-18,21-30,32-33H2,1-15H3,(H,72,73)/t35-,36-,37+,38+,39-,40+,45+,46-,48+,51-,52+,53-,54-,55+,58+,59-,60-,61-/m1/s1. The van der Waals surface area contributed by atoms with Gasteiger partial charge in [-0.2, -0.15) is 0 Å². The molecule has 0 aliphatic carbocycles. The number of aromatic carboxylic acids is 1. The monoisotopic (exact) mass is 1200 g/mol. The van der Waals surface area contributed by atoms with Crippen molar-refractivity contribution >= 4 is 34.5 Å². The topological polar surface area (TPSA) is 292 Å². The number of fused-ring (bicyclic) bond motifs is 1. The van der Waals surface area contributed by atoms with E-state index in [1.54, 1.807) is 84.4 Å². The Balaban J connectivity index is 1.21. The van der Waals surface area contributed by atoms with E-state index in [9.17, 15) is 44.7 Å². The number of esters is 2. The van der Waals surface area contributed by atoms with E-state index in [-0.39, 0.29) is 50.0 Å². The number of nitrogens with one attached hydrogen (secondary N) is 1. The molecule has 1 aromatic heterocycles. The van der Waals surface area contributed by atoms with Crippen LogP contribution in [0.3, 0.4) is 0 Å². The van der Waals surface area contributed by atoms with Crippen molar-refractivity contribution in [1.82, 2.24) is 19.8 Å². The van der Waals surface area contributed by atoms with Crippen LogP contribution < -0.4 is 15.8 Å². The van der Waals surface area contributed by atoms with Crippen LogP contribution >= 0.6 is 0 Å². The second-order valence-electron chi connectivity index (χ2n) is 25.2. The van der Waals surface area contributed by atoms with Crippen molar-refractivity contribution in [2.75, 3.05) is 92.9 Å². The number of nitrogens with zero attached hydrogens (tertiary/aromatic N) is 5. The van der Waals surface area contributed by atoms with Crippen LogP contribution in [0.5, 0.6) is 0 Å². The van der Waals surface area contributed by atoms with E-state index in [2.05, 4.69) is 15.4 Å². The summed E-state index contributed by atoms with van der Waals surface area (Å²) in [5.41, 5.74) is -4.08. The van der Waals surface area contributed by atoms with Gasteiger partial charge in [-0.3, -0.25) is 24.0 Å². The maximum absolute atomic E-state index is 14.8. The predicted molar refractivity (Wildman–Crippen MR) is 317 cm³/mol. The fourth-order valence-corrected chi connectivity index (χ4v) is 12.8. The van der Waals surface area contributed by atoms with Gasteiger partial charge in [0, 0.05) is 89.2 Å². The third-order valence-corrected chi connectivity index (χ3v) is 17.9. The molecule has 24 heteroatoms. The predicted octanol–water partition coefficient (Wildman–Crippen LogP) is 3.30. The Hall–Kier alpha value is -4.41. The summed E-state index contributed by atoms with van der Waals surface area (Å²) in [6.45, 7) is 21.4. The molecule has 0 spiro atoms. The van der Waals surface area contributed by atoms with Gasteiger partial charge >= 0.3 is 17.9 Å². The molecule has 4 aliphatic rings. The number of cyclic esters (lactones) is 1. The van der Waals surface area contributed by atoms with Gasteiger partial charge in [0.05, 0.1) is 72.9 Å². The largest absolute Gasteiger partial charge is 0.477 e. The second kappa shape index (κ2) is 30.2. The minimum absolute atomic E-state index is 0.0115. The Morgan fingerprint density at radius 2 is 1.61 bits per heavy atom. The molecule has 4 fully saturated rings. The lowest BCUT2D eigenvalue weighted by molar-refractivity contribution is -0.318. The van der Waals surface area contributed by atoms with E-state index in [4.69, 9.17) is 42.7 Å². The third-order valence-electron chi connectivity index (χ3n) is 17.9. The molecule has 24 nitrogen and oxygen atoms in total. The molecule has 6 N–H and O–H groups in total. The summed E-state index contributed by atoms with van der Waals surface area (Å²) >= 11 is 0. The molecule has 6 rings (SSSR count). The van der Waals surface area contributed by atoms with Crippen molar-refractivity contribution in [2.24, 2.45) is 28.8 Å². The minimum Gasteiger partial charge on any atom is -0.477 e. The van der Waals surface area contributed by atoms with Crippen LogP contribution in [-0.2, 0) is 58.7 Å². The highest BCUT2D eigenvalue weighted by molar-refractivity contribution is 5.93. The van der Waals surface area contributed by atoms with Crippen LogP contribution in [-0.4, -0.2) is 236 Å². The molecule has 0 radical (unpaired) electrons. The fourth-order valence-electron chi connectivity index (χ4n) is 12.8. The van der Waals surface area contributed by atoms with Gasteiger partial charge in [0.1, 0.15) is 35.6 Å². The molecule has 4 saturated heterocycles. The van der Waals surface area contributed by atoms with Crippen LogP contribution in [0.25, 0.3) is 10.9 Å². The van der Waals surface area contributed by atoms with Crippen molar-refractivity contribution < 1.29 is 82.6 Å². The molecule has 85 heavy (non-hydrogen) atoms. The molecule has 2 aromatic rings. The van der Waals surface area contributed by atoms with Crippen molar-refractivity contribution in [3.05, 3.63) is 45.7 Å². The van der Waals surface area contributed by atoms with Crippen molar-refractivity contribution in [2.45, 2.75) is 198 Å². The van der Waals surface area contributed by atoms with Crippen LogP contribution in [0.2, 0.25) is 0 Å². The van der Waals surface area contributed by atoms with Crippen LogP contribution in [0, 0.1) is 23.7 Å². The summed E-state index contributed by atoms with van der Waals surface area (Å²) in [5.74, 6) is -6.14. The van der Waals surface area contributed by atoms with E-state index in [0.717, 1.165) is 18.7 Å². The lowest BCUT2D eigenvalue weighted by atomic mass is 9.73. The van der Waals surface area contributed by atoms with Crippen molar-refractivity contribution in [3.63, 3.8) is 0 Å². The second-order valence-corrected chi connectivity index (χ2v) is 25.2. The fraction of sp³-hybridized carbons (Fsp3) is 0.787. The van der Waals surface area contributed by atoms with E-state index >= 15 is 0 Å². The Morgan fingerprint density at radius 3 is 2.25 bits per heavy atom. The Morgan fingerprint density at radius 1 is 0.918 bits per heavy atom. The maximum atomic E-state index is 14.8. The van der Waals surface area contributed by atoms with Gasteiger partial charge in [0.15, 0.2) is 18.7 Å². The number of likely N-dealkylation sites (N-methyl/N-ethyl adjacent to an activating group) is 1. The number of aliphatic hydroxyl groups is 4. The zero-order valence-corrected chi connectivity index (χ0v) is 52.9. The van der Waals surface area contributed by atoms with E-state index in [1.165, 1.54) is 20.2 Å². The van der Waals surface area contributed by atoms with Gasteiger partial charge in [-0.25, -0.2) is 4.79 Å². The van der Waals surface area contributed by atoms with Crippen LogP contribution in [0.1, 0.15) is 124 Å². The van der Waals surface area contributed by atoms with Crippen LogP contribution in [0.15, 0.2) is 34.3 Å². The lowest BCUT2D eigenvalue weighted by Crippen LogP contribution is -2.61. The first kappa shape index (κ1) is 69.7. The number of aryl methyl sites for hydroxylation is 1. The van der Waals surface area contributed by atoms with Gasteiger partial charge in [0.25, 0.3) is 0 Å². The summed E-state index contributed by atoms with van der Waals surface area (Å²) in [4.78, 5) is 63.4. The number of carboxylic acids is 1. The quantitative estimate of drug-likeness (QED) is 0.0594. The number of carbonyl (C=O) groups excluding carboxylic acids is 2. The first-order valence-corrected chi connectivity index (χ1v) is 30.3. The molecule has 5 heterocycles. The number of aromatic nitrogens is 1. The van der Waals surface area contributed by atoms with Gasteiger partial charge < -0.3 is 83.5 Å². The number of carboxylic acid groups (broad SMARTS) is 1. The number of hydrogen-bond acceptors (Lipinski definition) is 22. The lowest BCUT2D eigenvalue weighted by Gasteiger charge is -2.49. The molecule has 4 aliphatic heterocycles. The number of oxime groups is 1. The van der Waals surface area contributed by atoms with Gasteiger partial charge in [-0.15, -0.1) is 0 Å². The van der Waals surface area contributed by atoms with Gasteiger partial charge in [0.2, 0.25) is 5.43 Å².